The Bertz CT molecular complexity index is 866. The van der Waals surface area contributed by atoms with Crippen molar-refractivity contribution in [1.82, 2.24) is 0 Å². The van der Waals surface area contributed by atoms with Crippen LogP contribution in [-0.2, 0) is 4.57 Å². The first-order chi connectivity index (χ1) is 11.6. The summed E-state index contributed by atoms with van der Waals surface area (Å²) in [5, 5.41) is 1.60. The number of aryl methyl sites for hydroxylation is 2. The van der Waals surface area contributed by atoms with E-state index in [2.05, 4.69) is 4.76 Å². The summed E-state index contributed by atoms with van der Waals surface area (Å²) >= 11 is 0. The lowest BCUT2D eigenvalue weighted by atomic mass is 10.2. The largest absolute Gasteiger partial charge is 0.288 e. The van der Waals surface area contributed by atoms with E-state index in [1.807, 2.05) is 92.7 Å². The molecule has 0 unspecified atom stereocenters. The van der Waals surface area contributed by atoms with Gasteiger partial charge in [-0.25, -0.2) is 4.76 Å². The van der Waals surface area contributed by atoms with Crippen molar-refractivity contribution >= 4 is 24.1 Å². The number of hydrogen-bond donors (Lipinski definition) is 0. The van der Waals surface area contributed by atoms with Crippen LogP contribution in [0.2, 0.25) is 0 Å². The Kier molecular flexibility index (Phi) is 4.78. The van der Waals surface area contributed by atoms with E-state index >= 15 is 0 Å². The summed E-state index contributed by atoms with van der Waals surface area (Å²) in [6.07, 6.45) is 1.72. The summed E-state index contributed by atoms with van der Waals surface area (Å²) in [5.41, 5.74) is 2.93. The van der Waals surface area contributed by atoms with E-state index < -0.39 is 7.29 Å². The molecule has 3 heteroatoms. The lowest BCUT2D eigenvalue weighted by Gasteiger charge is -2.18. The van der Waals surface area contributed by atoms with Gasteiger partial charge >= 0.3 is 0 Å². The lowest BCUT2D eigenvalue weighted by molar-refractivity contribution is 0.588. The maximum absolute atomic E-state index is 14.0. The summed E-state index contributed by atoms with van der Waals surface area (Å²) in [4.78, 5) is 0. The monoisotopic (exact) mass is 333 g/mol. The zero-order valence-electron chi connectivity index (χ0n) is 13.9. The molecule has 0 bridgehead atoms. The van der Waals surface area contributed by atoms with Gasteiger partial charge in [-0.15, -0.1) is 0 Å². The summed E-state index contributed by atoms with van der Waals surface area (Å²) in [6, 6.07) is 25.4. The van der Waals surface area contributed by atoms with E-state index in [1.54, 1.807) is 6.21 Å². The molecule has 0 heterocycles. The van der Waals surface area contributed by atoms with Gasteiger partial charge in [0.05, 0.1) is 0 Å². The third-order valence-electron chi connectivity index (χ3n) is 4.05. The molecule has 0 fully saturated rings. The minimum atomic E-state index is -3.10. The van der Waals surface area contributed by atoms with E-state index in [0.717, 1.165) is 27.3 Å². The van der Waals surface area contributed by atoms with Crippen molar-refractivity contribution in [2.45, 2.75) is 13.8 Å². The number of hydrogen-bond acceptors (Lipinski definition) is 1. The molecule has 3 aromatic carbocycles. The number of rotatable bonds is 4. The Labute approximate surface area is 143 Å². The van der Waals surface area contributed by atoms with Crippen LogP contribution in [0.5, 0.6) is 0 Å². The Hall–Kier alpha value is -2.44. The van der Waals surface area contributed by atoms with Gasteiger partial charge < -0.3 is 0 Å². The molecule has 3 aromatic rings. The van der Waals surface area contributed by atoms with Crippen molar-refractivity contribution in [3.8, 4) is 0 Å². The maximum Gasteiger partial charge on any atom is 0.247 e. The number of nitrogens with zero attached hydrogens (tertiary/aromatic N) is 1. The van der Waals surface area contributed by atoms with Crippen molar-refractivity contribution in [3.05, 3.63) is 95.6 Å². The highest BCUT2D eigenvalue weighted by Crippen LogP contribution is 2.46. The quantitative estimate of drug-likeness (QED) is 0.505. The van der Waals surface area contributed by atoms with Gasteiger partial charge in [0.25, 0.3) is 0 Å². The molecule has 0 radical (unpaired) electrons. The molecule has 120 valence electrons. The lowest BCUT2D eigenvalue weighted by Crippen LogP contribution is -2.19. The molecular formula is C21H20NOP. The Morgan fingerprint density at radius 2 is 1.17 bits per heavy atom. The molecule has 0 aliphatic heterocycles. The Morgan fingerprint density at radius 3 is 1.67 bits per heavy atom. The molecule has 0 N–H and O–H groups in total. The third kappa shape index (κ3) is 3.25. The van der Waals surface area contributed by atoms with Gasteiger partial charge in [-0.2, -0.15) is 0 Å². The first-order valence-electron chi connectivity index (χ1n) is 7.94. The predicted octanol–water partition coefficient (Wildman–Crippen LogP) is 4.65. The topological polar surface area (TPSA) is 29.4 Å². The maximum atomic E-state index is 14.0. The van der Waals surface area contributed by atoms with Crippen molar-refractivity contribution < 1.29 is 4.57 Å². The molecular weight excluding hydrogens is 313 g/mol. The smallest absolute Gasteiger partial charge is 0.247 e. The van der Waals surface area contributed by atoms with Crippen LogP contribution in [0.4, 0.5) is 0 Å². The van der Waals surface area contributed by atoms with E-state index in [-0.39, 0.29) is 0 Å². The fourth-order valence-electron chi connectivity index (χ4n) is 2.75. The van der Waals surface area contributed by atoms with Crippen LogP contribution in [0, 0.1) is 13.8 Å². The van der Waals surface area contributed by atoms with Crippen LogP contribution in [0.1, 0.15) is 16.7 Å². The molecule has 2 nitrogen and oxygen atoms in total. The fourth-order valence-corrected chi connectivity index (χ4v) is 5.23. The van der Waals surface area contributed by atoms with Crippen molar-refractivity contribution in [2.75, 3.05) is 0 Å². The molecule has 0 saturated heterocycles. The third-order valence-corrected chi connectivity index (χ3v) is 6.80. The average molecular weight is 333 g/mol. The van der Waals surface area contributed by atoms with E-state index in [1.165, 1.54) is 0 Å². The van der Waals surface area contributed by atoms with Crippen LogP contribution in [0.15, 0.2) is 83.6 Å². The molecule has 0 aliphatic rings. The minimum absolute atomic E-state index is 0.798. The van der Waals surface area contributed by atoms with Crippen LogP contribution in [0.3, 0.4) is 0 Å². The summed E-state index contributed by atoms with van der Waals surface area (Å²) < 4.78 is 18.7. The van der Waals surface area contributed by atoms with E-state index in [9.17, 15) is 4.57 Å². The minimum Gasteiger partial charge on any atom is -0.288 e. The molecule has 24 heavy (non-hydrogen) atoms. The predicted molar refractivity (Wildman–Crippen MR) is 103 cm³/mol. The van der Waals surface area contributed by atoms with Gasteiger partial charge in [-0.1, -0.05) is 66.7 Å². The molecule has 0 saturated carbocycles. The van der Waals surface area contributed by atoms with Crippen LogP contribution in [0.25, 0.3) is 0 Å². The van der Waals surface area contributed by atoms with Gasteiger partial charge in [0, 0.05) is 16.8 Å². The summed E-state index contributed by atoms with van der Waals surface area (Å²) in [6.45, 7) is 3.97. The van der Waals surface area contributed by atoms with E-state index in [4.69, 9.17) is 0 Å². The van der Waals surface area contributed by atoms with Gasteiger partial charge in [0.2, 0.25) is 7.29 Å². The van der Waals surface area contributed by atoms with Crippen LogP contribution in [-0.4, -0.2) is 6.21 Å². The van der Waals surface area contributed by atoms with Gasteiger partial charge in [-0.3, -0.25) is 4.57 Å². The zero-order valence-corrected chi connectivity index (χ0v) is 14.8. The van der Waals surface area contributed by atoms with Crippen molar-refractivity contribution in [2.24, 2.45) is 4.76 Å². The van der Waals surface area contributed by atoms with Crippen LogP contribution < -0.4 is 10.6 Å². The van der Waals surface area contributed by atoms with Gasteiger partial charge in [0.15, 0.2) is 0 Å². The fraction of sp³-hybridized carbons (Fsp3) is 0.0952. The second-order valence-electron chi connectivity index (χ2n) is 5.80. The number of benzene rings is 3. The van der Waals surface area contributed by atoms with E-state index in [0.29, 0.717) is 0 Å². The zero-order chi connectivity index (χ0) is 17.0. The standard InChI is InChI=1S/C21H20NOP/c1-17-10-6-8-14-20(17)24(23,21-15-9-7-11-18(21)2)22-16-19-12-4-3-5-13-19/h3-16H,1-2H3/b22-16-. The summed E-state index contributed by atoms with van der Waals surface area (Å²) in [5.74, 6) is 0. The SMILES string of the molecule is Cc1ccccc1P(=O)(/N=C\c1ccccc1)c1ccccc1C. The highest BCUT2D eigenvalue weighted by atomic mass is 31.2. The summed E-state index contributed by atoms with van der Waals surface area (Å²) in [7, 11) is -3.10. The molecule has 3 rings (SSSR count). The molecule has 0 spiro atoms. The van der Waals surface area contributed by atoms with Gasteiger partial charge in [-0.05, 0) is 42.7 Å². The normalized spacial score (nSPS) is 11.8. The molecule has 0 aliphatic carbocycles. The average Bonchev–Trinajstić information content (AvgIpc) is 2.61. The van der Waals surface area contributed by atoms with Crippen molar-refractivity contribution in [1.29, 1.82) is 0 Å². The van der Waals surface area contributed by atoms with Crippen LogP contribution >= 0.6 is 7.29 Å². The highest BCUT2D eigenvalue weighted by Gasteiger charge is 2.29. The Morgan fingerprint density at radius 1 is 0.708 bits per heavy atom. The molecule has 0 amide bonds. The molecule has 0 atom stereocenters. The van der Waals surface area contributed by atoms with Gasteiger partial charge in [0.1, 0.15) is 0 Å². The second-order valence-corrected chi connectivity index (χ2v) is 8.15. The first-order valence-corrected chi connectivity index (χ1v) is 9.60. The first kappa shape index (κ1) is 16.4. The highest BCUT2D eigenvalue weighted by molar-refractivity contribution is 7.77. The van der Waals surface area contributed by atoms with Crippen molar-refractivity contribution in [3.63, 3.8) is 0 Å². The molecule has 0 aromatic heterocycles. The Balaban J connectivity index is 2.19. The second kappa shape index (κ2) is 6.98.